The quantitative estimate of drug-likeness (QED) is 0.773. The highest BCUT2D eigenvalue weighted by Gasteiger charge is 2.23. The van der Waals surface area contributed by atoms with E-state index < -0.39 is 6.04 Å². The van der Waals surface area contributed by atoms with Crippen molar-refractivity contribution >= 4 is 17.5 Å². The lowest BCUT2D eigenvalue weighted by Gasteiger charge is -2.28. The van der Waals surface area contributed by atoms with Crippen LogP contribution in [0.3, 0.4) is 0 Å². The number of hydrogen-bond donors (Lipinski definition) is 1. The normalized spacial score (nSPS) is 12.0. The van der Waals surface area contributed by atoms with Crippen LogP contribution < -0.4 is 5.32 Å². The molecule has 2 amide bonds. The van der Waals surface area contributed by atoms with E-state index in [1.54, 1.807) is 43.0 Å². The summed E-state index contributed by atoms with van der Waals surface area (Å²) in [5.74, 6) is -0.630. The smallest absolute Gasteiger partial charge is 0.239 e. The summed E-state index contributed by atoms with van der Waals surface area (Å²) in [6, 6.07) is 9.76. The second kappa shape index (κ2) is 9.65. The van der Waals surface area contributed by atoms with Crippen molar-refractivity contribution in [2.75, 3.05) is 26.0 Å². The van der Waals surface area contributed by atoms with Crippen molar-refractivity contribution in [1.82, 2.24) is 9.80 Å². The Balaban J connectivity index is 1.96. The summed E-state index contributed by atoms with van der Waals surface area (Å²) in [7, 11) is 3.42. The van der Waals surface area contributed by atoms with Gasteiger partial charge in [-0.05, 0) is 63.6 Å². The lowest BCUT2D eigenvalue weighted by Crippen LogP contribution is -2.46. The maximum Gasteiger partial charge on any atom is 0.239 e. The molecule has 0 radical (unpaired) electrons. The highest BCUT2D eigenvalue weighted by Crippen LogP contribution is 2.22. The van der Waals surface area contributed by atoms with Crippen LogP contribution in [-0.2, 0) is 16.1 Å². The maximum atomic E-state index is 13.4. The van der Waals surface area contributed by atoms with Gasteiger partial charge in [0, 0.05) is 19.3 Å². The number of hydrogen-bond acceptors (Lipinski definition) is 3. The summed E-state index contributed by atoms with van der Waals surface area (Å²) >= 11 is 0. The van der Waals surface area contributed by atoms with Crippen LogP contribution in [0.25, 0.3) is 0 Å². The molecule has 0 aliphatic heterocycles. The molecule has 156 valence electrons. The molecule has 1 atom stereocenters. The molecule has 0 aliphatic rings. The van der Waals surface area contributed by atoms with Crippen molar-refractivity contribution in [2.45, 2.75) is 40.3 Å². The molecule has 1 N–H and O–H groups in total. The first kappa shape index (κ1) is 22.6. The monoisotopic (exact) mass is 399 g/mol. The summed E-state index contributed by atoms with van der Waals surface area (Å²) < 4.78 is 13.4. The number of nitrogens with one attached hydrogen (secondary N) is 1. The highest BCUT2D eigenvalue weighted by atomic mass is 19.1. The van der Waals surface area contributed by atoms with Crippen molar-refractivity contribution in [2.24, 2.45) is 0 Å². The second-order valence-corrected chi connectivity index (χ2v) is 7.74. The predicted octanol–water partition coefficient (Wildman–Crippen LogP) is 3.67. The Morgan fingerprint density at radius 3 is 2.28 bits per heavy atom. The topological polar surface area (TPSA) is 52.7 Å². The third-order valence-electron chi connectivity index (χ3n) is 5.04. The number of nitrogens with zero attached hydrogens (tertiary/aromatic N) is 2. The van der Waals surface area contributed by atoms with Gasteiger partial charge in [-0.15, -0.1) is 0 Å². The Hall–Kier alpha value is -2.73. The first-order valence-electron chi connectivity index (χ1n) is 9.66. The van der Waals surface area contributed by atoms with Crippen LogP contribution in [0, 0.1) is 26.6 Å². The van der Waals surface area contributed by atoms with E-state index in [4.69, 9.17) is 0 Å². The predicted molar refractivity (Wildman–Crippen MR) is 114 cm³/mol. The van der Waals surface area contributed by atoms with Crippen LogP contribution in [0.1, 0.15) is 29.2 Å². The number of carbonyl (C=O) groups excluding carboxylic acids is 2. The van der Waals surface area contributed by atoms with E-state index in [1.807, 2.05) is 32.9 Å². The van der Waals surface area contributed by atoms with Crippen molar-refractivity contribution in [3.8, 4) is 0 Å². The number of halogens is 1. The van der Waals surface area contributed by atoms with Crippen molar-refractivity contribution in [1.29, 1.82) is 0 Å². The Bertz CT molecular complexity index is 874. The van der Waals surface area contributed by atoms with Gasteiger partial charge in [-0.3, -0.25) is 14.5 Å². The summed E-state index contributed by atoms with van der Waals surface area (Å²) in [5.41, 5.74) is 4.71. The van der Waals surface area contributed by atoms with Crippen molar-refractivity contribution in [3.05, 3.63) is 64.5 Å². The fourth-order valence-corrected chi connectivity index (χ4v) is 3.41. The third kappa shape index (κ3) is 6.12. The van der Waals surface area contributed by atoms with Crippen LogP contribution in [-0.4, -0.2) is 48.3 Å². The molecule has 0 saturated carbocycles. The lowest BCUT2D eigenvalue weighted by molar-refractivity contribution is -0.135. The number of benzene rings is 2. The van der Waals surface area contributed by atoms with Gasteiger partial charge in [0.2, 0.25) is 11.8 Å². The molecule has 6 heteroatoms. The zero-order valence-electron chi connectivity index (χ0n) is 18.0. The summed E-state index contributed by atoms with van der Waals surface area (Å²) in [6.45, 7) is 8.11. The molecular formula is C23H30FN3O2. The van der Waals surface area contributed by atoms with E-state index >= 15 is 0 Å². The molecule has 0 aliphatic carbocycles. The zero-order chi connectivity index (χ0) is 21.7. The minimum atomic E-state index is -0.487. The maximum absolute atomic E-state index is 13.4. The van der Waals surface area contributed by atoms with Crippen LogP contribution in [0.4, 0.5) is 10.1 Å². The standard InChI is InChI=1S/C23H30FN3O2/c1-15-10-16(2)22(17(3)11-15)25-21(28)14-26(5)18(4)23(29)27(6)13-19-8-7-9-20(24)12-19/h7-12,18H,13-14H2,1-6H3,(H,25,28)/t18-/m1/s1. The SMILES string of the molecule is Cc1cc(C)c(NC(=O)CN(C)[C@H](C)C(=O)N(C)Cc2cccc(F)c2)c(C)c1. The van der Waals surface area contributed by atoms with Gasteiger partial charge >= 0.3 is 0 Å². The van der Waals surface area contributed by atoms with E-state index in [0.717, 1.165) is 27.9 Å². The number of anilines is 1. The van der Waals surface area contributed by atoms with E-state index in [1.165, 1.54) is 12.1 Å². The number of carbonyl (C=O) groups is 2. The Labute approximate surface area is 172 Å². The second-order valence-electron chi connectivity index (χ2n) is 7.74. The Kier molecular flexibility index (Phi) is 7.51. The minimum absolute atomic E-state index is 0.0907. The number of amides is 2. The van der Waals surface area contributed by atoms with Crippen LogP contribution in [0.15, 0.2) is 36.4 Å². The molecule has 0 heterocycles. The molecule has 0 unspecified atom stereocenters. The van der Waals surface area contributed by atoms with E-state index in [9.17, 15) is 14.0 Å². The summed E-state index contributed by atoms with van der Waals surface area (Å²) in [4.78, 5) is 28.5. The number of rotatable bonds is 7. The molecule has 0 bridgehead atoms. The largest absolute Gasteiger partial charge is 0.340 e. The van der Waals surface area contributed by atoms with Crippen LogP contribution >= 0.6 is 0 Å². The molecule has 0 spiro atoms. The summed E-state index contributed by atoms with van der Waals surface area (Å²) in [6.07, 6.45) is 0. The fraction of sp³-hybridized carbons (Fsp3) is 0.391. The molecule has 0 aromatic heterocycles. The van der Waals surface area contributed by atoms with Crippen molar-refractivity contribution < 1.29 is 14.0 Å². The number of likely N-dealkylation sites (N-methyl/N-ethyl adjacent to an activating group) is 2. The van der Waals surface area contributed by atoms with Gasteiger partial charge < -0.3 is 10.2 Å². The fourth-order valence-electron chi connectivity index (χ4n) is 3.41. The van der Waals surface area contributed by atoms with E-state index in [0.29, 0.717) is 6.54 Å². The molecule has 2 aromatic carbocycles. The minimum Gasteiger partial charge on any atom is -0.340 e. The molecule has 5 nitrogen and oxygen atoms in total. The van der Waals surface area contributed by atoms with Crippen LogP contribution in [0.5, 0.6) is 0 Å². The van der Waals surface area contributed by atoms with E-state index in [2.05, 4.69) is 5.32 Å². The Morgan fingerprint density at radius 1 is 1.07 bits per heavy atom. The Morgan fingerprint density at radius 2 is 1.69 bits per heavy atom. The molecule has 2 aromatic rings. The van der Waals surface area contributed by atoms with Gasteiger partial charge in [-0.25, -0.2) is 4.39 Å². The molecule has 0 saturated heterocycles. The van der Waals surface area contributed by atoms with Gasteiger partial charge in [0.1, 0.15) is 5.82 Å². The van der Waals surface area contributed by atoms with Gasteiger partial charge in [0.15, 0.2) is 0 Å². The molecule has 0 fully saturated rings. The third-order valence-corrected chi connectivity index (χ3v) is 5.04. The van der Waals surface area contributed by atoms with Gasteiger partial charge in [-0.2, -0.15) is 0 Å². The van der Waals surface area contributed by atoms with E-state index in [-0.39, 0.29) is 24.2 Å². The first-order chi connectivity index (χ1) is 13.6. The van der Waals surface area contributed by atoms with Crippen molar-refractivity contribution in [3.63, 3.8) is 0 Å². The van der Waals surface area contributed by atoms with Gasteiger partial charge in [0.05, 0.1) is 12.6 Å². The molecule has 2 rings (SSSR count). The zero-order valence-corrected chi connectivity index (χ0v) is 18.0. The van der Waals surface area contributed by atoms with Gasteiger partial charge in [-0.1, -0.05) is 29.8 Å². The molecular weight excluding hydrogens is 369 g/mol. The lowest BCUT2D eigenvalue weighted by atomic mass is 10.1. The summed E-state index contributed by atoms with van der Waals surface area (Å²) in [5, 5.41) is 2.96. The average molecular weight is 400 g/mol. The highest BCUT2D eigenvalue weighted by molar-refractivity contribution is 5.94. The van der Waals surface area contributed by atoms with Crippen LogP contribution in [0.2, 0.25) is 0 Å². The average Bonchev–Trinajstić information content (AvgIpc) is 2.63. The van der Waals surface area contributed by atoms with Gasteiger partial charge in [0.25, 0.3) is 0 Å². The first-order valence-corrected chi connectivity index (χ1v) is 9.66. The number of aryl methyl sites for hydroxylation is 3. The molecule has 29 heavy (non-hydrogen) atoms.